The van der Waals surface area contributed by atoms with Crippen molar-refractivity contribution >= 4 is 6.08 Å². The molecule has 1 aromatic rings. The third-order valence-corrected chi connectivity index (χ3v) is 1.96. The molecule has 0 amide bonds. The lowest BCUT2D eigenvalue weighted by atomic mass is 10.1. The van der Waals surface area contributed by atoms with E-state index in [1.54, 1.807) is 6.92 Å². The average molecular weight is 176 g/mol. The van der Waals surface area contributed by atoms with E-state index in [9.17, 15) is 0 Å². The van der Waals surface area contributed by atoms with Gasteiger partial charge in [0.15, 0.2) is 0 Å². The summed E-state index contributed by atoms with van der Waals surface area (Å²) >= 11 is 0. The van der Waals surface area contributed by atoms with Crippen molar-refractivity contribution in [2.24, 2.45) is 0 Å². The molecule has 0 spiro atoms. The van der Waals surface area contributed by atoms with Crippen LogP contribution in [0.3, 0.4) is 0 Å². The number of hydrogen-bond acceptors (Lipinski definition) is 1. The largest absolute Gasteiger partial charge is 0.393 e. The van der Waals surface area contributed by atoms with E-state index in [2.05, 4.69) is 25.1 Å². The maximum Gasteiger partial charge on any atom is 0.0546 e. The number of rotatable bonds is 3. The summed E-state index contributed by atoms with van der Waals surface area (Å²) in [6.45, 7) is 3.88. The fourth-order valence-corrected chi connectivity index (χ4v) is 1.17. The molecule has 1 nitrogen and oxygen atoms in total. The van der Waals surface area contributed by atoms with Crippen molar-refractivity contribution in [3.8, 4) is 0 Å². The Morgan fingerprint density at radius 2 is 2.08 bits per heavy atom. The molecule has 0 fully saturated rings. The smallest absolute Gasteiger partial charge is 0.0546 e. The molecule has 0 heterocycles. The molecule has 1 atom stereocenters. The van der Waals surface area contributed by atoms with Gasteiger partial charge >= 0.3 is 0 Å². The predicted octanol–water partition coefficient (Wildman–Crippen LogP) is 2.78. The molecule has 13 heavy (non-hydrogen) atoms. The van der Waals surface area contributed by atoms with Gasteiger partial charge in [0.2, 0.25) is 0 Å². The molecule has 70 valence electrons. The maximum atomic E-state index is 9.05. The zero-order valence-electron chi connectivity index (χ0n) is 8.20. The average Bonchev–Trinajstić information content (AvgIpc) is 2.08. The Morgan fingerprint density at radius 3 is 2.69 bits per heavy atom. The van der Waals surface area contributed by atoms with Crippen molar-refractivity contribution in [3.63, 3.8) is 0 Å². The number of hydrogen-bond donors (Lipinski definition) is 1. The number of aryl methyl sites for hydroxylation is 1. The number of aliphatic hydroxyl groups is 1. The van der Waals surface area contributed by atoms with Crippen LogP contribution in [0.2, 0.25) is 0 Å². The summed E-state index contributed by atoms with van der Waals surface area (Å²) < 4.78 is 0. The molecule has 0 saturated heterocycles. The van der Waals surface area contributed by atoms with E-state index in [4.69, 9.17) is 5.11 Å². The molecule has 0 saturated carbocycles. The van der Waals surface area contributed by atoms with E-state index in [-0.39, 0.29) is 6.10 Å². The van der Waals surface area contributed by atoms with Crippen molar-refractivity contribution in [3.05, 3.63) is 41.5 Å². The molecule has 1 rings (SSSR count). The molecule has 1 aromatic carbocycles. The number of aliphatic hydroxyl groups excluding tert-OH is 1. The van der Waals surface area contributed by atoms with Gasteiger partial charge in [0, 0.05) is 0 Å². The van der Waals surface area contributed by atoms with Gasteiger partial charge in [-0.15, -0.1) is 0 Å². The van der Waals surface area contributed by atoms with Crippen molar-refractivity contribution in [1.29, 1.82) is 0 Å². The molecular weight excluding hydrogens is 160 g/mol. The Balaban J connectivity index is 2.63. The Labute approximate surface area is 79.7 Å². The van der Waals surface area contributed by atoms with Crippen LogP contribution < -0.4 is 0 Å². The summed E-state index contributed by atoms with van der Waals surface area (Å²) in [5.74, 6) is 0. The Kier molecular flexibility index (Phi) is 3.71. The summed E-state index contributed by atoms with van der Waals surface area (Å²) in [7, 11) is 0. The van der Waals surface area contributed by atoms with E-state index >= 15 is 0 Å². The lowest BCUT2D eigenvalue weighted by Crippen LogP contribution is -1.95. The highest BCUT2D eigenvalue weighted by Crippen LogP contribution is 2.09. The summed E-state index contributed by atoms with van der Waals surface area (Å²) in [6.07, 6.45) is 4.53. The molecular formula is C12H16O. The second-order valence-electron chi connectivity index (χ2n) is 3.34. The van der Waals surface area contributed by atoms with Crippen LogP contribution in [-0.2, 0) is 0 Å². The van der Waals surface area contributed by atoms with E-state index in [0.717, 1.165) is 0 Å². The van der Waals surface area contributed by atoms with Crippen molar-refractivity contribution < 1.29 is 5.11 Å². The van der Waals surface area contributed by atoms with Crippen LogP contribution in [0.5, 0.6) is 0 Å². The topological polar surface area (TPSA) is 20.2 Å². The Morgan fingerprint density at radius 1 is 1.38 bits per heavy atom. The summed E-state index contributed by atoms with van der Waals surface area (Å²) in [4.78, 5) is 0. The van der Waals surface area contributed by atoms with Crippen molar-refractivity contribution in [2.45, 2.75) is 26.4 Å². The first-order valence-corrected chi connectivity index (χ1v) is 4.60. The highest BCUT2D eigenvalue weighted by Gasteiger charge is 1.92. The van der Waals surface area contributed by atoms with Gasteiger partial charge in [-0.1, -0.05) is 36.4 Å². The van der Waals surface area contributed by atoms with Crippen LogP contribution in [0, 0.1) is 6.92 Å². The minimum absolute atomic E-state index is 0.250. The molecule has 0 aliphatic rings. The Bertz CT molecular complexity index is 287. The molecule has 0 aliphatic heterocycles. The zero-order valence-corrected chi connectivity index (χ0v) is 8.20. The summed E-state index contributed by atoms with van der Waals surface area (Å²) in [5.41, 5.74) is 2.49. The third-order valence-electron chi connectivity index (χ3n) is 1.96. The third kappa shape index (κ3) is 3.43. The Hall–Kier alpha value is -1.08. The van der Waals surface area contributed by atoms with Gasteiger partial charge in [0.05, 0.1) is 6.10 Å². The molecule has 0 aromatic heterocycles. The van der Waals surface area contributed by atoms with E-state index in [1.807, 2.05) is 18.2 Å². The zero-order chi connectivity index (χ0) is 9.68. The van der Waals surface area contributed by atoms with Gasteiger partial charge in [-0.3, -0.25) is 0 Å². The van der Waals surface area contributed by atoms with Gasteiger partial charge < -0.3 is 5.11 Å². The van der Waals surface area contributed by atoms with E-state index < -0.39 is 0 Å². The van der Waals surface area contributed by atoms with Crippen LogP contribution >= 0.6 is 0 Å². The molecule has 0 aliphatic carbocycles. The molecule has 1 heteroatoms. The van der Waals surface area contributed by atoms with Gasteiger partial charge in [0.1, 0.15) is 0 Å². The highest BCUT2D eigenvalue weighted by atomic mass is 16.3. The van der Waals surface area contributed by atoms with Crippen molar-refractivity contribution in [2.75, 3.05) is 0 Å². The van der Waals surface area contributed by atoms with Crippen LogP contribution in [0.15, 0.2) is 30.3 Å². The first-order chi connectivity index (χ1) is 6.20. The first kappa shape index (κ1) is 10.0. The lowest BCUT2D eigenvalue weighted by Gasteiger charge is -1.99. The fraction of sp³-hybridized carbons (Fsp3) is 0.333. The van der Waals surface area contributed by atoms with Gasteiger partial charge in [0.25, 0.3) is 0 Å². The van der Waals surface area contributed by atoms with E-state index in [1.165, 1.54) is 11.1 Å². The SMILES string of the molecule is Cc1ccccc1/C=C/CC(C)O. The molecule has 0 radical (unpaired) electrons. The summed E-state index contributed by atoms with van der Waals surface area (Å²) in [6, 6.07) is 8.21. The lowest BCUT2D eigenvalue weighted by molar-refractivity contribution is 0.199. The van der Waals surface area contributed by atoms with Gasteiger partial charge in [-0.05, 0) is 31.4 Å². The predicted molar refractivity (Wildman–Crippen MR) is 56.5 cm³/mol. The van der Waals surface area contributed by atoms with Gasteiger partial charge in [-0.2, -0.15) is 0 Å². The second kappa shape index (κ2) is 4.83. The minimum atomic E-state index is -0.250. The highest BCUT2D eigenvalue weighted by molar-refractivity contribution is 5.53. The normalized spacial score (nSPS) is 13.5. The minimum Gasteiger partial charge on any atom is -0.393 e. The van der Waals surface area contributed by atoms with Crippen LogP contribution in [0.4, 0.5) is 0 Å². The van der Waals surface area contributed by atoms with Crippen molar-refractivity contribution in [1.82, 2.24) is 0 Å². The molecule has 1 unspecified atom stereocenters. The number of benzene rings is 1. The first-order valence-electron chi connectivity index (χ1n) is 4.60. The standard InChI is InChI=1S/C12H16O/c1-10-6-3-4-8-12(10)9-5-7-11(2)13/h3-6,8-9,11,13H,7H2,1-2H3/b9-5+. The van der Waals surface area contributed by atoms with Gasteiger partial charge in [-0.25, -0.2) is 0 Å². The second-order valence-corrected chi connectivity index (χ2v) is 3.34. The summed E-state index contributed by atoms with van der Waals surface area (Å²) in [5, 5.41) is 9.05. The van der Waals surface area contributed by atoms with E-state index in [0.29, 0.717) is 6.42 Å². The molecule has 1 N–H and O–H groups in total. The molecule has 0 bridgehead atoms. The monoisotopic (exact) mass is 176 g/mol. The van der Waals surface area contributed by atoms with Crippen LogP contribution in [0.1, 0.15) is 24.5 Å². The quantitative estimate of drug-likeness (QED) is 0.750. The van der Waals surface area contributed by atoms with Crippen LogP contribution in [-0.4, -0.2) is 11.2 Å². The fourth-order valence-electron chi connectivity index (χ4n) is 1.17. The van der Waals surface area contributed by atoms with Crippen LogP contribution in [0.25, 0.3) is 6.08 Å². The maximum absolute atomic E-state index is 9.05.